The highest BCUT2D eigenvalue weighted by atomic mass is 35.5. The normalized spacial score (nSPS) is 12.2. The number of hydrogen-bond donors (Lipinski definition) is 1. The van der Waals surface area contributed by atoms with Crippen LogP contribution in [-0.4, -0.2) is 34.0 Å². The third kappa shape index (κ3) is 9.57. The highest BCUT2D eigenvalue weighted by molar-refractivity contribution is 7.99. The molecule has 1 N–H and O–H groups in total. The third-order valence-corrected chi connectivity index (χ3v) is 7.45. The highest BCUT2D eigenvalue weighted by Gasteiger charge is 2.32. The van der Waals surface area contributed by atoms with Gasteiger partial charge in [-0.3, -0.25) is 9.59 Å². The second-order valence-electron chi connectivity index (χ2n) is 9.84. The van der Waals surface area contributed by atoms with Gasteiger partial charge in [0, 0.05) is 29.3 Å². The van der Waals surface area contributed by atoms with E-state index in [0.29, 0.717) is 27.2 Å². The van der Waals surface area contributed by atoms with Crippen LogP contribution in [0.2, 0.25) is 15.1 Å². The standard InChI is InChI=1S/C29H31Cl3N2O2S/c1-29(2,3)33-28(36)26(16-20-8-5-4-6-9-20)34(17-21-10-7-11-23(30)14-21)27(35)19-37-18-22-12-13-24(31)25(32)15-22/h4-15,26H,16-19H2,1-3H3,(H,33,36). The van der Waals surface area contributed by atoms with E-state index in [1.807, 2.05) is 75.4 Å². The van der Waals surface area contributed by atoms with Crippen LogP contribution in [0.25, 0.3) is 0 Å². The van der Waals surface area contributed by atoms with E-state index in [2.05, 4.69) is 5.32 Å². The molecule has 0 aromatic heterocycles. The second kappa shape index (κ2) is 13.6. The van der Waals surface area contributed by atoms with Crippen molar-refractivity contribution in [3.05, 3.63) is 105 Å². The molecular formula is C29H31Cl3N2O2S. The van der Waals surface area contributed by atoms with E-state index in [0.717, 1.165) is 16.7 Å². The number of amides is 2. The van der Waals surface area contributed by atoms with Crippen LogP contribution >= 0.6 is 46.6 Å². The molecule has 4 nitrogen and oxygen atoms in total. The summed E-state index contributed by atoms with van der Waals surface area (Å²) in [5, 5.41) is 4.63. The van der Waals surface area contributed by atoms with Crippen molar-refractivity contribution in [1.82, 2.24) is 10.2 Å². The van der Waals surface area contributed by atoms with Crippen molar-refractivity contribution in [2.75, 3.05) is 5.75 Å². The predicted octanol–water partition coefficient (Wildman–Crippen LogP) is 7.43. The molecule has 8 heteroatoms. The van der Waals surface area contributed by atoms with Gasteiger partial charge in [0.25, 0.3) is 0 Å². The average Bonchev–Trinajstić information content (AvgIpc) is 2.83. The molecule has 37 heavy (non-hydrogen) atoms. The first kappa shape index (κ1) is 29.4. The van der Waals surface area contributed by atoms with Crippen LogP contribution in [-0.2, 0) is 28.3 Å². The number of nitrogens with one attached hydrogen (secondary N) is 1. The summed E-state index contributed by atoms with van der Waals surface area (Å²) in [6.07, 6.45) is 0.395. The molecule has 3 rings (SSSR count). The molecule has 1 unspecified atom stereocenters. The van der Waals surface area contributed by atoms with Gasteiger partial charge in [0.1, 0.15) is 6.04 Å². The Morgan fingerprint density at radius 3 is 2.22 bits per heavy atom. The molecule has 0 aliphatic rings. The minimum absolute atomic E-state index is 0.130. The van der Waals surface area contributed by atoms with Crippen LogP contribution in [0, 0.1) is 0 Å². The average molecular weight is 578 g/mol. The van der Waals surface area contributed by atoms with Crippen LogP contribution in [0.15, 0.2) is 72.8 Å². The summed E-state index contributed by atoms with van der Waals surface area (Å²) >= 11 is 19.9. The summed E-state index contributed by atoms with van der Waals surface area (Å²) in [6.45, 7) is 6.06. The fraction of sp³-hybridized carbons (Fsp3) is 0.310. The molecule has 2 amide bonds. The Morgan fingerprint density at radius 1 is 0.865 bits per heavy atom. The number of hydrogen-bond acceptors (Lipinski definition) is 3. The Balaban J connectivity index is 1.87. The fourth-order valence-electron chi connectivity index (χ4n) is 3.81. The van der Waals surface area contributed by atoms with Crippen molar-refractivity contribution < 1.29 is 9.59 Å². The number of benzene rings is 3. The summed E-state index contributed by atoms with van der Waals surface area (Å²) in [5.41, 5.74) is 2.36. The monoisotopic (exact) mass is 576 g/mol. The van der Waals surface area contributed by atoms with E-state index in [4.69, 9.17) is 34.8 Å². The van der Waals surface area contributed by atoms with Crippen LogP contribution in [0.1, 0.15) is 37.5 Å². The Morgan fingerprint density at radius 2 is 1.57 bits per heavy atom. The van der Waals surface area contributed by atoms with Gasteiger partial charge in [-0.2, -0.15) is 0 Å². The van der Waals surface area contributed by atoms with Crippen molar-refractivity contribution in [3.63, 3.8) is 0 Å². The third-order valence-electron chi connectivity index (χ3n) is 5.49. The molecule has 3 aromatic carbocycles. The molecule has 1 atom stereocenters. The fourth-order valence-corrected chi connectivity index (χ4v) is 5.20. The smallest absolute Gasteiger partial charge is 0.243 e. The summed E-state index contributed by atoms with van der Waals surface area (Å²) in [4.78, 5) is 28.9. The number of rotatable bonds is 10. The summed E-state index contributed by atoms with van der Waals surface area (Å²) < 4.78 is 0. The van der Waals surface area contributed by atoms with Crippen molar-refractivity contribution in [3.8, 4) is 0 Å². The maximum atomic E-state index is 13.7. The van der Waals surface area contributed by atoms with Crippen molar-refractivity contribution in [1.29, 1.82) is 0 Å². The molecule has 0 radical (unpaired) electrons. The molecule has 196 valence electrons. The lowest BCUT2D eigenvalue weighted by Crippen LogP contribution is -2.54. The van der Waals surface area contributed by atoms with Gasteiger partial charge in [-0.05, 0) is 61.7 Å². The first-order valence-electron chi connectivity index (χ1n) is 11.9. The second-order valence-corrected chi connectivity index (χ2v) is 12.1. The molecule has 0 bridgehead atoms. The highest BCUT2D eigenvalue weighted by Crippen LogP contribution is 2.25. The van der Waals surface area contributed by atoms with E-state index in [1.165, 1.54) is 11.8 Å². The van der Waals surface area contributed by atoms with E-state index >= 15 is 0 Å². The predicted molar refractivity (Wildman–Crippen MR) is 156 cm³/mol. The van der Waals surface area contributed by atoms with Gasteiger partial charge in [0.05, 0.1) is 15.8 Å². The number of nitrogens with zero attached hydrogens (tertiary/aromatic N) is 1. The first-order valence-corrected chi connectivity index (χ1v) is 14.2. The Labute approximate surface area is 238 Å². The van der Waals surface area contributed by atoms with E-state index in [1.54, 1.807) is 23.1 Å². The van der Waals surface area contributed by atoms with Crippen LogP contribution in [0.4, 0.5) is 0 Å². The molecule has 0 saturated carbocycles. The number of halogens is 3. The van der Waals surface area contributed by atoms with Crippen molar-refractivity contribution >= 4 is 58.4 Å². The molecule has 0 aliphatic carbocycles. The zero-order chi connectivity index (χ0) is 27.0. The Hall–Kier alpha value is -2.18. The largest absolute Gasteiger partial charge is 0.350 e. The van der Waals surface area contributed by atoms with E-state index in [9.17, 15) is 9.59 Å². The first-order chi connectivity index (χ1) is 17.5. The molecule has 0 fully saturated rings. The van der Waals surface area contributed by atoms with Gasteiger partial charge in [0.15, 0.2) is 0 Å². The maximum Gasteiger partial charge on any atom is 0.243 e. The van der Waals surface area contributed by atoms with Gasteiger partial charge in [-0.15, -0.1) is 11.8 Å². The molecule has 0 saturated heterocycles. The Bertz CT molecular complexity index is 1220. The number of carbonyl (C=O) groups is 2. The van der Waals surface area contributed by atoms with E-state index in [-0.39, 0.29) is 24.1 Å². The lowest BCUT2D eigenvalue weighted by Gasteiger charge is -2.34. The summed E-state index contributed by atoms with van der Waals surface area (Å²) in [6, 6.07) is 21.9. The number of thioether (sulfide) groups is 1. The topological polar surface area (TPSA) is 49.4 Å². The number of carbonyl (C=O) groups excluding carboxylic acids is 2. The molecule has 3 aromatic rings. The molecule has 0 spiro atoms. The van der Waals surface area contributed by atoms with E-state index < -0.39 is 11.6 Å². The quantitative estimate of drug-likeness (QED) is 0.272. The van der Waals surface area contributed by atoms with Crippen molar-refractivity contribution in [2.24, 2.45) is 0 Å². The van der Waals surface area contributed by atoms with Crippen LogP contribution in [0.3, 0.4) is 0 Å². The van der Waals surface area contributed by atoms with Crippen molar-refractivity contribution in [2.45, 2.75) is 51.1 Å². The van der Waals surface area contributed by atoms with Crippen LogP contribution < -0.4 is 5.32 Å². The van der Waals surface area contributed by atoms with Gasteiger partial charge in [-0.25, -0.2) is 0 Å². The molecule has 0 heterocycles. The van der Waals surface area contributed by atoms with Gasteiger partial charge >= 0.3 is 0 Å². The molecular weight excluding hydrogens is 547 g/mol. The summed E-state index contributed by atoms with van der Waals surface area (Å²) in [5.74, 6) is 0.469. The minimum Gasteiger partial charge on any atom is -0.350 e. The zero-order valence-corrected chi connectivity index (χ0v) is 24.2. The Kier molecular flexibility index (Phi) is 10.8. The van der Waals surface area contributed by atoms with Gasteiger partial charge in [-0.1, -0.05) is 83.3 Å². The van der Waals surface area contributed by atoms with Gasteiger partial charge < -0.3 is 10.2 Å². The van der Waals surface area contributed by atoms with Crippen LogP contribution in [0.5, 0.6) is 0 Å². The SMILES string of the molecule is CC(C)(C)NC(=O)C(Cc1ccccc1)N(Cc1cccc(Cl)c1)C(=O)CSCc1ccc(Cl)c(Cl)c1. The summed E-state index contributed by atoms with van der Waals surface area (Å²) in [7, 11) is 0. The molecule has 0 aliphatic heterocycles. The van der Waals surface area contributed by atoms with Gasteiger partial charge in [0.2, 0.25) is 11.8 Å². The lowest BCUT2D eigenvalue weighted by molar-refractivity contribution is -0.140. The maximum absolute atomic E-state index is 13.7. The minimum atomic E-state index is -0.696. The zero-order valence-electron chi connectivity index (χ0n) is 21.1. The lowest BCUT2D eigenvalue weighted by atomic mass is 10.0.